The number of carbonyl (C=O) groups is 2. The Labute approximate surface area is 200 Å². The summed E-state index contributed by atoms with van der Waals surface area (Å²) in [4.78, 5) is 31.8. The fraction of sp³-hybridized carbons (Fsp3) is 0.208. The highest BCUT2D eigenvalue weighted by Crippen LogP contribution is 2.38. The number of esters is 1. The van der Waals surface area contributed by atoms with E-state index in [9.17, 15) is 14.9 Å². The summed E-state index contributed by atoms with van der Waals surface area (Å²) in [5, 5.41) is 10.6. The first-order valence-corrected chi connectivity index (χ1v) is 10.7. The molecule has 1 heterocycles. The zero-order chi connectivity index (χ0) is 24.0. The molecule has 0 atom stereocenters. The Morgan fingerprint density at radius 2 is 1.88 bits per heavy atom. The van der Waals surface area contributed by atoms with Crippen LogP contribution in [0, 0.1) is 18.3 Å². The van der Waals surface area contributed by atoms with Crippen molar-refractivity contribution in [3.8, 4) is 17.6 Å². The Morgan fingerprint density at radius 3 is 2.55 bits per heavy atom. The summed E-state index contributed by atoms with van der Waals surface area (Å²) in [5.41, 5.74) is 2.09. The monoisotopic (exact) mass is 483 g/mol. The number of benzene rings is 2. The van der Waals surface area contributed by atoms with Gasteiger partial charge in [-0.05, 0) is 61.4 Å². The third-order valence-electron chi connectivity index (χ3n) is 4.61. The van der Waals surface area contributed by atoms with E-state index < -0.39 is 18.2 Å². The molecule has 0 radical (unpaired) electrons. The van der Waals surface area contributed by atoms with Crippen molar-refractivity contribution in [1.82, 2.24) is 4.98 Å². The first-order valence-electron chi connectivity index (χ1n) is 9.97. The average molecular weight is 484 g/mol. The molecule has 0 saturated heterocycles. The van der Waals surface area contributed by atoms with Crippen LogP contribution in [0.2, 0.25) is 10.0 Å². The van der Waals surface area contributed by atoms with Crippen molar-refractivity contribution in [1.29, 1.82) is 5.26 Å². The molecule has 0 fully saturated rings. The lowest BCUT2D eigenvalue weighted by molar-refractivity contribution is -0.144. The van der Waals surface area contributed by atoms with Gasteiger partial charge in [0, 0.05) is 11.6 Å². The van der Waals surface area contributed by atoms with Gasteiger partial charge in [-0.3, -0.25) is 19.6 Å². The van der Waals surface area contributed by atoms with E-state index in [0.29, 0.717) is 11.3 Å². The van der Waals surface area contributed by atoms with Crippen molar-refractivity contribution in [2.75, 3.05) is 6.61 Å². The summed E-state index contributed by atoms with van der Waals surface area (Å²) < 4.78 is 10.6. The van der Waals surface area contributed by atoms with Crippen LogP contribution in [0.25, 0.3) is 10.9 Å². The molecule has 0 aliphatic heterocycles. The predicted octanol–water partition coefficient (Wildman–Crippen LogP) is 5.63. The number of carbonyl (C=O) groups excluding carboxylic acids is 2. The van der Waals surface area contributed by atoms with Gasteiger partial charge in [0.25, 0.3) is 0 Å². The lowest BCUT2D eigenvalue weighted by Crippen LogP contribution is -2.18. The molecule has 0 spiro atoms. The van der Waals surface area contributed by atoms with Crippen LogP contribution >= 0.6 is 23.2 Å². The Hall–Kier alpha value is -3.47. The van der Waals surface area contributed by atoms with E-state index in [-0.39, 0.29) is 34.7 Å². The number of rotatable bonds is 8. The van der Waals surface area contributed by atoms with Gasteiger partial charge in [-0.15, -0.1) is 0 Å². The maximum absolute atomic E-state index is 12.1. The number of nitriles is 1. The van der Waals surface area contributed by atoms with Crippen molar-refractivity contribution in [3.63, 3.8) is 0 Å². The van der Waals surface area contributed by atoms with E-state index >= 15 is 0 Å². The largest absolute Gasteiger partial charge is 0.466 e. The second-order valence-electron chi connectivity index (χ2n) is 6.98. The normalized spacial score (nSPS) is 11.2. The lowest BCUT2D eigenvalue weighted by Gasteiger charge is -2.12. The first-order chi connectivity index (χ1) is 15.8. The molecule has 1 aromatic heterocycles. The van der Waals surface area contributed by atoms with Crippen molar-refractivity contribution in [3.05, 3.63) is 63.8 Å². The third kappa shape index (κ3) is 6.07. The fourth-order valence-corrected chi connectivity index (χ4v) is 3.64. The van der Waals surface area contributed by atoms with Gasteiger partial charge in [0.1, 0.15) is 18.2 Å². The SMILES string of the molecule is CCOC(=O)CC(=O)C(C#N)=NCc1cc(Cl)c(Oc2ccc3nccc(C)c3c2)c(Cl)c1. The predicted molar refractivity (Wildman–Crippen MR) is 126 cm³/mol. The van der Waals surface area contributed by atoms with Gasteiger partial charge in [-0.1, -0.05) is 23.2 Å². The molecule has 9 heteroatoms. The van der Waals surface area contributed by atoms with Crippen LogP contribution in [0.1, 0.15) is 24.5 Å². The van der Waals surface area contributed by atoms with Gasteiger partial charge in [-0.2, -0.15) is 5.26 Å². The summed E-state index contributed by atoms with van der Waals surface area (Å²) >= 11 is 12.8. The Kier molecular flexibility index (Phi) is 7.99. The van der Waals surface area contributed by atoms with Gasteiger partial charge in [0.2, 0.25) is 5.78 Å². The fourth-order valence-electron chi connectivity index (χ4n) is 3.03. The number of aromatic nitrogens is 1. The maximum atomic E-state index is 12.1. The van der Waals surface area contributed by atoms with Crippen LogP contribution < -0.4 is 4.74 Å². The van der Waals surface area contributed by atoms with E-state index in [2.05, 4.69) is 9.98 Å². The minimum Gasteiger partial charge on any atom is -0.466 e. The smallest absolute Gasteiger partial charge is 0.313 e. The van der Waals surface area contributed by atoms with Crippen LogP contribution in [0.5, 0.6) is 11.5 Å². The molecule has 33 heavy (non-hydrogen) atoms. The Balaban J connectivity index is 1.78. The number of nitrogens with zero attached hydrogens (tertiary/aromatic N) is 3. The summed E-state index contributed by atoms with van der Waals surface area (Å²) in [7, 11) is 0. The number of aryl methyl sites for hydroxylation is 1. The molecule has 0 N–H and O–H groups in total. The Bertz CT molecular complexity index is 1280. The number of hydrogen-bond acceptors (Lipinski definition) is 7. The highest BCUT2D eigenvalue weighted by Gasteiger charge is 2.17. The molecule has 0 bridgehead atoms. The van der Waals surface area contributed by atoms with Crippen LogP contribution in [0.3, 0.4) is 0 Å². The summed E-state index contributed by atoms with van der Waals surface area (Å²) in [6, 6.07) is 12.3. The number of halogens is 2. The highest BCUT2D eigenvalue weighted by atomic mass is 35.5. The van der Waals surface area contributed by atoms with Crippen molar-refractivity contribution in [2.24, 2.45) is 4.99 Å². The quantitative estimate of drug-likeness (QED) is 0.233. The van der Waals surface area contributed by atoms with E-state index in [0.717, 1.165) is 16.5 Å². The molecule has 3 rings (SSSR count). The number of aliphatic imine (C=N–C) groups is 1. The first kappa shape index (κ1) is 24.2. The number of fused-ring (bicyclic) bond motifs is 1. The second-order valence-corrected chi connectivity index (χ2v) is 7.79. The molecule has 7 nitrogen and oxygen atoms in total. The zero-order valence-corrected chi connectivity index (χ0v) is 19.4. The van der Waals surface area contributed by atoms with Gasteiger partial charge >= 0.3 is 5.97 Å². The molecule has 0 amide bonds. The van der Waals surface area contributed by atoms with Gasteiger partial charge in [0.05, 0.1) is 28.7 Å². The van der Waals surface area contributed by atoms with E-state index in [1.54, 1.807) is 37.4 Å². The lowest BCUT2D eigenvalue weighted by atomic mass is 10.1. The number of ether oxygens (including phenoxy) is 2. The van der Waals surface area contributed by atoms with Crippen molar-refractivity contribution < 1.29 is 19.1 Å². The van der Waals surface area contributed by atoms with Gasteiger partial charge in [0.15, 0.2) is 11.5 Å². The Morgan fingerprint density at radius 1 is 1.15 bits per heavy atom. The third-order valence-corrected chi connectivity index (χ3v) is 5.17. The molecule has 0 aliphatic rings. The summed E-state index contributed by atoms with van der Waals surface area (Å²) in [5.74, 6) is -0.609. The van der Waals surface area contributed by atoms with E-state index in [1.807, 2.05) is 25.1 Å². The number of ketones is 1. The topological polar surface area (TPSA) is 102 Å². The highest BCUT2D eigenvalue weighted by molar-refractivity contribution is 6.48. The second kappa shape index (κ2) is 10.9. The molecule has 0 saturated carbocycles. The van der Waals surface area contributed by atoms with E-state index in [1.165, 1.54) is 0 Å². The molecule has 168 valence electrons. The summed E-state index contributed by atoms with van der Waals surface area (Å²) in [6.07, 6.45) is 1.20. The van der Waals surface area contributed by atoms with Crippen LogP contribution in [-0.4, -0.2) is 29.1 Å². The standard InChI is InChI=1S/C24H19Cl2N3O4/c1-3-32-23(31)11-22(30)21(12-27)29-13-15-8-18(25)24(19(26)9-15)33-16-4-5-20-17(10-16)14(2)6-7-28-20/h4-10H,3,11,13H2,1-2H3. The zero-order valence-electron chi connectivity index (χ0n) is 17.9. The minimum atomic E-state index is -0.714. The van der Waals surface area contributed by atoms with Crippen molar-refractivity contribution >= 4 is 51.6 Å². The van der Waals surface area contributed by atoms with Crippen LogP contribution in [-0.2, 0) is 20.9 Å². The summed E-state index contributed by atoms with van der Waals surface area (Å²) in [6.45, 7) is 3.72. The average Bonchev–Trinajstić information content (AvgIpc) is 2.77. The maximum Gasteiger partial charge on any atom is 0.313 e. The van der Waals surface area contributed by atoms with Crippen LogP contribution in [0.15, 0.2) is 47.6 Å². The molecule has 0 aliphatic carbocycles. The van der Waals surface area contributed by atoms with Crippen molar-refractivity contribution in [2.45, 2.75) is 26.8 Å². The number of hydrogen-bond donors (Lipinski definition) is 0. The number of Topliss-reactive ketones (excluding diaryl/α,β-unsaturated/α-hetero) is 1. The van der Waals surface area contributed by atoms with Gasteiger partial charge < -0.3 is 9.47 Å². The minimum absolute atomic E-state index is 0.0297. The molecular formula is C24H19Cl2N3O4. The van der Waals surface area contributed by atoms with E-state index in [4.69, 9.17) is 32.7 Å². The molecule has 2 aromatic carbocycles. The molecule has 0 unspecified atom stereocenters. The number of pyridine rings is 1. The molecule has 3 aromatic rings. The molecular weight excluding hydrogens is 465 g/mol. The van der Waals surface area contributed by atoms with Gasteiger partial charge in [-0.25, -0.2) is 0 Å². The van der Waals surface area contributed by atoms with Crippen LogP contribution in [0.4, 0.5) is 0 Å².